The summed E-state index contributed by atoms with van der Waals surface area (Å²) in [5.74, 6) is 0. The van der Waals surface area contributed by atoms with E-state index < -0.39 is 0 Å². The van der Waals surface area contributed by atoms with Crippen LogP contribution < -0.4 is 0 Å². The summed E-state index contributed by atoms with van der Waals surface area (Å²) in [5, 5.41) is 8.13. The van der Waals surface area contributed by atoms with E-state index in [0.717, 1.165) is 4.88 Å². The Morgan fingerprint density at radius 3 is 3.25 bits per heavy atom. The van der Waals surface area contributed by atoms with E-state index in [9.17, 15) is 0 Å². The third-order valence-corrected chi connectivity index (χ3v) is 1.30. The first-order valence-corrected chi connectivity index (χ1v) is 2.85. The van der Waals surface area contributed by atoms with Gasteiger partial charge in [0.05, 0.1) is 12.5 Å². The van der Waals surface area contributed by atoms with Crippen molar-refractivity contribution < 1.29 is 0 Å². The SMILES string of the molecule is N#CCc1[c]n[c]s1. The highest BCUT2D eigenvalue weighted by Gasteiger charge is 1.90. The molecule has 0 saturated heterocycles. The summed E-state index contributed by atoms with van der Waals surface area (Å²) in [4.78, 5) is 4.41. The fraction of sp³-hybridized carbons (Fsp3) is 0.200. The molecule has 0 unspecified atom stereocenters. The first-order valence-electron chi connectivity index (χ1n) is 2.04. The summed E-state index contributed by atoms with van der Waals surface area (Å²) in [7, 11) is 0. The number of rotatable bonds is 1. The molecule has 1 rings (SSSR count). The summed E-state index contributed by atoms with van der Waals surface area (Å²) in [5.41, 5.74) is 2.60. The minimum atomic E-state index is 0.404. The van der Waals surface area contributed by atoms with Crippen LogP contribution in [0.2, 0.25) is 0 Å². The van der Waals surface area contributed by atoms with Gasteiger partial charge in [-0.2, -0.15) is 5.26 Å². The van der Waals surface area contributed by atoms with Gasteiger partial charge in [-0.15, -0.1) is 11.3 Å². The number of hydrogen-bond donors (Lipinski definition) is 0. The Labute approximate surface area is 51.4 Å². The zero-order valence-corrected chi connectivity index (χ0v) is 4.83. The summed E-state index contributed by atoms with van der Waals surface area (Å²) in [6.07, 6.45) is 3.03. The molecule has 0 spiro atoms. The van der Waals surface area contributed by atoms with E-state index in [1.165, 1.54) is 11.3 Å². The molecule has 0 aliphatic heterocycles. The van der Waals surface area contributed by atoms with Crippen LogP contribution in [-0.2, 0) is 6.42 Å². The quantitative estimate of drug-likeness (QED) is 0.552. The van der Waals surface area contributed by atoms with E-state index in [4.69, 9.17) is 5.26 Å². The van der Waals surface area contributed by atoms with Gasteiger partial charge < -0.3 is 0 Å². The minimum Gasteiger partial charge on any atom is -0.231 e. The maximum atomic E-state index is 8.13. The molecule has 38 valence electrons. The molecule has 0 aromatic carbocycles. The molecule has 0 fully saturated rings. The number of hydrogen-bond acceptors (Lipinski definition) is 3. The highest BCUT2D eigenvalue weighted by atomic mass is 32.1. The van der Waals surface area contributed by atoms with Crippen LogP contribution in [0, 0.1) is 23.0 Å². The molecule has 0 aliphatic rings. The van der Waals surface area contributed by atoms with E-state index in [2.05, 4.69) is 16.7 Å². The molecule has 0 saturated carbocycles. The Hall–Kier alpha value is -0.880. The van der Waals surface area contributed by atoms with Gasteiger partial charge in [0, 0.05) is 4.88 Å². The normalized spacial score (nSPS) is 8.38. The lowest BCUT2D eigenvalue weighted by Gasteiger charge is -1.73. The first-order chi connectivity index (χ1) is 3.93. The van der Waals surface area contributed by atoms with E-state index in [-0.39, 0.29) is 0 Å². The third kappa shape index (κ3) is 1.04. The van der Waals surface area contributed by atoms with Gasteiger partial charge in [0.2, 0.25) is 0 Å². The average Bonchev–Trinajstić information content (AvgIpc) is 2.19. The number of aromatic nitrogens is 1. The van der Waals surface area contributed by atoms with Crippen LogP contribution in [0.4, 0.5) is 0 Å². The Kier molecular flexibility index (Phi) is 1.60. The highest BCUT2D eigenvalue weighted by molar-refractivity contribution is 7.09. The van der Waals surface area contributed by atoms with Crippen LogP contribution in [0.5, 0.6) is 0 Å². The molecular formula is C5H2N2S. The second-order valence-corrected chi connectivity index (χ2v) is 2.05. The number of thiazole rings is 1. The van der Waals surface area contributed by atoms with Crippen molar-refractivity contribution in [3.05, 3.63) is 16.6 Å². The van der Waals surface area contributed by atoms with Crippen molar-refractivity contribution in [3.63, 3.8) is 0 Å². The largest absolute Gasteiger partial charge is 0.231 e. The zero-order valence-electron chi connectivity index (χ0n) is 4.01. The predicted octanol–water partition coefficient (Wildman–Crippen LogP) is 0.810. The molecule has 2 radical (unpaired) electrons. The van der Waals surface area contributed by atoms with Crippen molar-refractivity contribution in [2.45, 2.75) is 6.42 Å². The van der Waals surface area contributed by atoms with E-state index in [0.29, 0.717) is 6.42 Å². The van der Waals surface area contributed by atoms with Gasteiger partial charge in [0.25, 0.3) is 0 Å². The fourth-order valence-electron chi connectivity index (χ4n) is 0.333. The topological polar surface area (TPSA) is 36.7 Å². The van der Waals surface area contributed by atoms with Crippen LogP contribution in [-0.4, -0.2) is 4.98 Å². The highest BCUT2D eigenvalue weighted by Crippen LogP contribution is 2.02. The van der Waals surface area contributed by atoms with E-state index >= 15 is 0 Å². The van der Waals surface area contributed by atoms with Gasteiger partial charge in [0.15, 0.2) is 5.51 Å². The molecule has 0 atom stereocenters. The molecule has 8 heavy (non-hydrogen) atoms. The van der Waals surface area contributed by atoms with Gasteiger partial charge in [-0.05, 0) is 0 Å². The molecule has 0 aliphatic carbocycles. The van der Waals surface area contributed by atoms with Crippen LogP contribution in [0.25, 0.3) is 0 Å². The lowest BCUT2D eigenvalue weighted by atomic mass is 10.4. The maximum absolute atomic E-state index is 8.13. The Bertz CT molecular complexity index is 185. The second-order valence-electron chi connectivity index (χ2n) is 1.18. The third-order valence-electron chi connectivity index (χ3n) is 0.635. The second kappa shape index (κ2) is 2.43. The molecule has 0 bridgehead atoms. The monoisotopic (exact) mass is 122 g/mol. The average molecular weight is 122 g/mol. The molecule has 0 amide bonds. The number of nitriles is 1. The van der Waals surface area contributed by atoms with Crippen molar-refractivity contribution in [2.75, 3.05) is 0 Å². The van der Waals surface area contributed by atoms with Crippen LogP contribution in [0.15, 0.2) is 0 Å². The summed E-state index contributed by atoms with van der Waals surface area (Å²) in [6, 6.07) is 1.99. The lowest BCUT2D eigenvalue weighted by Crippen LogP contribution is -1.69. The van der Waals surface area contributed by atoms with Gasteiger partial charge >= 0.3 is 0 Å². The zero-order chi connectivity index (χ0) is 5.82. The van der Waals surface area contributed by atoms with Gasteiger partial charge in [-0.25, -0.2) is 4.98 Å². The van der Waals surface area contributed by atoms with Crippen molar-refractivity contribution in [1.29, 1.82) is 5.26 Å². The van der Waals surface area contributed by atoms with Crippen LogP contribution in [0.1, 0.15) is 4.88 Å². The molecular weight excluding hydrogens is 120 g/mol. The number of nitrogens with zero attached hydrogens (tertiary/aromatic N) is 2. The Morgan fingerprint density at radius 2 is 2.75 bits per heavy atom. The van der Waals surface area contributed by atoms with Crippen LogP contribution in [0.3, 0.4) is 0 Å². The Morgan fingerprint density at radius 1 is 1.88 bits per heavy atom. The fourth-order valence-corrected chi connectivity index (χ4v) is 0.763. The van der Waals surface area contributed by atoms with E-state index in [1.54, 1.807) is 0 Å². The van der Waals surface area contributed by atoms with Gasteiger partial charge in [0.1, 0.15) is 6.20 Å². The van der Waals surface area contributed by atoms with Crippen LogP contribution >= 0.6 is 11.3 Å². The maximum Gasteiger partial charge on any atom is 0.153 e. The van der Waals surface area contributed by atoms with Gasteiger partial charge in [-0.3, -0.25) is 0 Å². The summed E-state index contributed by atoms with van der Waals surface area (Å²) in [6.45, 7) is 0. The standard InChI is InChI=1S/C5H2N2S/c6-2-1-5-3-7-4-8-5/h1H2. The smallest absolute Gasteiger partial charge is 0.153 e. The summed E-state index contributed by atoms with van der Waals surface area (Å²) < 4.78 is 0. The minimum absolute atomic E-state index is 0.404. The molecule has 1 aromatic rings. The predicted molar refractivity (Wildman–Crippen MR) is 29.1 cm³/mol. The van der Waals surface area contributed by atoms with Crippen molar-refractivity contribution in [3.8, 4) is 6.07 Å². The molecule has 3 heteroatoms. The van der Waals surface area contributed by atoms with Crippen molar-refractivity contribution >= 4 is 11.3 Å². The lowest BCUT2D eigenvalue weighted by molar-refractivity contribution is 1.27. The molecule has 1 aromatic heterocycles. The first kappa shape index (κ1) is 5.26. The Balaban J connectivity index is 2.67. The van der Waals surface area contributed by atoms with E-state index in [1.807, 2.05) is 6.07 Å². The van der Waals surface area contributed by atoms with Gasteiger partial charge in [-0.1, -0.05) is 0 Å². The molecule has 1 heterocycles. The molecule has 2 nitrogen and oxygen atoms in total. The summed E-state index contributed by atoms with van der Waals surface area (Å²) >= 11 is 1.33. The molecule has 0 N–H and O–H groups in total. The van der Waals surface area contributed by atoms with Crippen molar-refractivity contribution in [1.82, 2.24) is 4.98 Å². The van der Waals surface area contributed by atoms with Crippen molar-refractivity contribution in [2.24, 2.45) is 0 Å².